The summed E-state index contributed by atoms with van der Waals surface area (Å²) in [5.41, 5.74) is -0.674. The molecule has 6 heteroatoms. The van der Waals surface area contributed by atoms with Crippen molar-refractivity contribution in [3.63, 3.8) is 0 Å². The van der Waals surface area contributed by atoms with Crippen LogP contribution in [-0.2, 0) is 0 Å². The van der Waals surface area contributed by atoms with Gasteiger partial charge >= 0.3 is 6.18 Å². The van der Waals surface area contributed by atoms with Crippen molar-refractivity contribution in [3.8, 4) is 6.07 Å². The molecule has 1 atom stereocenters. The van der Waals surface area contributed by atoms with Crippen molar-refractivity contribution in [2.45, 2.75) is 31.5 Å². The van der Waals surface area contributed by atoms with Crippen LogP contribution in [0.4, 0.5) is 13.2 Å². The summed E-state index contributed by atoms with van der Waals surface area (Å²) in [4.78, 5) is 1.58. The molecule has 0 aromatic rings. The molecule has 0 saturated carbocycles. The summed E-state index contributed by atoms with van der Waals surface area (Å²) in [6.07, 6.45) is -4.43. The Kier molecular flexibility index (Phi) is 5.76. The second-order valence-corrected chi connectivity index (χ2v) is 4.11. The van der Waals surface area contributed by atoms with Gasteiger partial charge in [0.1, 0.15) is 5.54 Å². The van der Waals surface area contributed by atoms with Gasteiger partial charge in [0.05, 0.1) is 12.5 Å². The Morgan fingerprint density at radius 1 is 1.25 bits per heavy atom. The van der Waals surface area contributed by atoms with Crippen molar-refractivity contribution < 1.29 is 13.2 Å². The van der Waals surface area contributed by atoms with Crippen LogP contribution in [0.5, 0.6) is 0 Å². The minimum absolute atomic E-state index is 0.0330. The van der Waals surface area contributed by atoms with Crippen LogP contribution in [0.15, 0.2) is 0 Å². The number of rotatable bonds is 6. The molecular formula is C10H18F3N3. The minimum Gasteiger partial charge on any atom is -0.306 e. The van der Waals surface area contributed by atoms with Gasteiger partial charge in [-0.05, 0) is 27.4 Å². The number of nitrogens with zero attached hydrogens (tertiary/aromatic N) is 2. The average Bonchev–Trinajstić information content (AvgIpc) is 2.22. The zero-order valence-electron chi connectivity index (χ0n) is 9.86. The lowest BCUT2D eigenvalue weighted by atomic mass is 10.0. The molecule has 3 nitrogen and oxygen atoms in total. The largest absolute Gasteiger partial charge is 0.390 e. The normalized spacial score (nSPS) is 15.9. The Labute approximate surface area is 94.2 Å². The van der Waals surface area contributed by atoms with Crippen LogP contribution in [-0.4, -0.2) is 43.8 Å². The Balaban J connectivity index is 3.91. The third kappa shape index (κ3) is 6.64. The number of alkyl halides is 3. The predicted molar refractivity (Wildman–Crippen MR) is 55.9 cm³/mol. The van der Waals surface area contributed by atoms with Crippen LogP contribution < -0.4 is 5.32 Å². The second kappa shape index (κ2) is 6.06. The van der Waals surface area contributed by atoms with Gasteiger partial charge in [0.2, 0.25) is 0 Å². The van der Waals surface area contributed by atoms with Crippen LogP contribution in [0, 0.1) is 11.3 Å². The van der Waals surface area contributed by atoms with E-state index in [2.05, 4.69) is 11.4 Å². The summed E-state index contributed by atoms with van der Waals surface area (Å²) in [5.74, 6) is 0. The van der Waals surface area contributed by atoms with Gasteiger partial charge in [-0.15, -0.1) is 0 Å². The minimum atomic E-state index is -4.12. The van der Waals surface area contributed by atoms with Gasteiger partial charge in [-0.3, -0.25) is 0 Å². The number of nitrogens with one attached hydrogen (secondary N) is 1. The average molecular weight is 237 g/mol. The number of halogens is 3. The predicted octanol–water partition coefficient (Wildman–Crippen LogP) is 1.76. The molecule has 0 aliphatic carbocycles. The van der Waals surface area contributed by atoms with Crippen LogP contribution in [0.2, 0.25) is 0 Å². The van der Waals surface area contributed by atoms with Gasteiger partial charge in [0.15, 0.2) is 0 Å². The highest BCUT2D eigenvalue weighted by Gasteiger charge is 2.27. The molecule has 0 heterocycles. The molecule has 0 rings (SSSR count). The van der Waals surface area contributed by atoms with Crippen molar-refractivity contribution in [2.24, 2.45) is 0 Å². The SMILES string of the molecule is CNC(C)(C#N)CCN(C)CCC(F)(F)F. The molecule has 0 aliphatic heterocycles. The lowest BCUT2D eigenvalue weighted by molar-refractivity contribution is -0.137. The quantitative estimate of drug-likeness (QED) is 0.765. The highest BCUT2D eigenvalue weighted by Crippen LogP contribution is 2.19. The van der Waals surface area contributed by atoms with Crippen molar-refractivity contribution in [2.75, 3.05) is 27.2 Å². The van der Waals surface area contributed by atoms with Crippen LogP contribution >= 0.6 is 0 Å². The van der Waals surface area contributed by atoms with Crippen LogP contribution in [0.1, 0.15) is 19.8 Å². The second-order valence-electron chi connectivity index (χ2n) is 4.11. The summed E-state index contributed by atoms with van der Waals surface area (Å²) in [5, 5.41) is 11.7. The Morgan fingerprint density at radius 2 is 1.75 bits per heavy atom. The lowest BCUT2D eigenvalue weighted by Gasteiger charge is -2.24. The van der Waals surface area contributed by atoms with E-state index in [4.69, 9.17) is 5.26 Å². The number of hydrogen-bond donors (Lipinski definition) is 1. The molecule has 1 unspecified atom stereocenters. The molecule has 1 N–H and O–H groups in total. The van der Waals surface area contributed by atoms with Crippen LogP contribution in [0.3, 0.4) is 0 Å². The van der Waals surface area contributed by atoms with Gasteiger partial charge in [-0.25, -0.2) is 0 Å². The molecule has 0 aliphatic rings. The molecule has 0 saturated heterocycles. The lowest BCUT2D eigenvalue weighted by Crippen LogP contribution is -2.41. The van der Waals surface area contributed by atoms with Crippen molar-refractivity contribution in [1.82, 2.24) is 10.2 Å². The summed E-state index contributed by atoms with van der Waals surface area (Å²) in [6, 6.07) is 2.10. The Morgan fingerprint density at radius 3 is 2.12 bits per heavy atom. The first-order valence-corrected chi connectivity index (χ1v) is 5.08. The fourth-order valence-electron chi connectivity index (χ4n) is 1.08. The molecular weight excluding hydrogens is 219 g/mol. The fraction of sp³-hybridized carbons (Fsp3) is 0.900. The first kappa shape index (κ1) is 15.2. The van der Waals surface area contributed by atoms with E-state index in [1.807, 2.05) is 0 Å². The van der Waals surface area contributed by atoms with E-state index in [0.717, 1.165) is 0 Å². The highest BCUT2D eigenvalue weighted by atomic mass is 19.4. The van der Waals surface area contributed by atoms with Crippen molar-refractivity contribution >= 4 is 0 Å². The fourth-order valence-corrected chi connectivity index (χ4v) is 1.08. The van der Waals surface area contributed by atoms with Gasteiger partial charge in [0, 0.05) is 13.1 Å². The standard InChI is InChI=1S/C10H18F3N3/c1-9(8-14,15-2)4-6-16(3)7-5-10(11,12)13/h15H,4-7H2,1-3H3. The van der Waals surface area contributed by atoms with Gasteiger partial charge in [0.25, 0.3) is 0 Å². The number of hydrogen-bond acceptors (Lipinski definition) is 3. The third-order valence-electron chi connectivity index (χ3n) is 2.57. The molecule has 0 spiro atoms. The van der Waals surface area contributed by atoms with E-state index in [-0.39, 0.29) is 6.54 Å². The van der Waals surface area contributed by atoms with E-state index in [0.29, 0.717) is 13.0 Å². The van der Waals surface area contributed by atoms with Gasteiger partial charge < -0.3 is 10.2 Å². The molecule has 0 radical (unpaired) electrons. The topological polar surface area (TPSA) is 39.1 Å². The van der Waals surface area contributed by atoms with E-state index in [1.165, 1.54) is 0 Å². The molecule has 0 aromatic heterocycles. The summed E-state index contributed by atoms with van der Waals surface area (Å²) in [7, 11) is 3.29. The summed E-state index contributed by atoms with van der Waals surface area (Å²) >= 11 is 0. The van der Waals surface area contributed by atoms with Crippen molar-refractivity contribution in [3.05, 3.63) is 0 Å². The molecule has 0 fully saturated rings. The maximum absolute atomic E-state index is 11.9. The van der Waals surface area contributed by atoms with Crippen LogP contribution in [0.25, 0.3) is 0 Å². The first-order valence-electron chi connectivity index (χ1n) is 5.08. The van der Waals surface area contributed by atoms with E-state index < -0.39 is 18.1 Å². The molecule has 0 bridgehead atoms. The maximum atomic E-state index is 11.9. The maximum Gasteiger partial charge on any atom is 0.390 e. The van der Waals surface area contributed by atoms with E-state index in [9.17, 15) is 13.2 Å². The summed E-state index contributed by atoms with van der Waals surface area (Å²) in [6.45, 7) is 2.15. The van der Waals surface area contributed by atoms with Gasteiger partial charge in [-0.2, -0.15) is 18.4 Å². The smallest absolute Gasteiger partial charge is 0.306 e. The monoisotopic (exact) mass is 237 g/mol. The molecule has 16 heavy (non-hydrogen) atoms. The van der Waals surface area contributed by atoms with E-state index in [1.54, 1.807) is 25.9 Å². The Bertz CT molecular complexity index is 247. The first-order chi connectivity index (χ1) is 7.22. The van der Waals surface area contributed by atoms with E-state index >= 15 is 0 Å². The number of nitriles is 1. The third-order valence-corrected chi connectivity index (χ3v) is 2.57. The Hall–Kier alpha value is -0.800. The van der Waals surface area contributed by atoms with Crippen molar-refractivity contribution in [1.29, 1.82) is 5.26 Å². The van der Waals surface area contributed by atoms with Gasteiger partial charge in [-0.1, -0.05) is 0 Å². The molecule has 0 amide bonds. The zero-order valence-corrected chi connectivity index (χ0v) is 9.86. The molecule has 0 aromatic carbocycles. The highest BCUT2D eigenvalue weighted by molar-refractivity contribution is 5.03. The molecule has 94 valence electrons. The zero-order chi connectivity index (χ0) is 12.8. The summed E-state index contributed by atoms with van der Waals surface area (Å²) < 4.78 is 35.8.